The monoisotopic (exact) mass is 455 g/mol. The minimum absolute atomic E-state index is 0.148. The van der Waals surface area contributed by atoms with E-state index in [0.29, 0.717) is 12.1 Å². The number of hydrogen-bond donors (Lipinski definition) is 1. The molecule has 0 radical (unpaired) electrons. The summed E-state index contributed by atoms with van der Waals surface area (Å²) >= 11 is 0. The molecule has 0 aliphatic rings. The van der Waals surface area contributed by atoms with Crippen LogP contribution in [-0.2, 0) is 0 Å². The lowest BCUT2D eigenvalue weighted by molar-refractivity contribution is 0.188. The zero-order valence-corrected chi connectivity index (χ0v) is 19.3. The van der Waals surface area contributed by atoms with Crippen molar-refractivity contribution in [2.24, 2.45) is 0 Å². The molecule has 0 saturated carbocycles. The van der Waals surface area contributed by atoms with Crippen LogP contribution < -0.4 is 10.1 Å². The lowest BCUT2D eigenvalue weighted by atomic mass is 10.0. The van der Waals surface area contributed by atoms with E-state index in [4.69, 9.17) is 19.2 Å². The Morgan fingerprint density at radius 3 is 2.82 bits per heavy atom. The van der Waals surface area contributed by atoms with Crippen LogP contribution in [0.3, 0.4) is 0 Å². The number of furan rings is 1. The fraction of sp³-hybridized carbons (Fsp3) is 0.192. The zero-order valence-electron chi connectivity index (χ0n) is 19.3. The molecule has 0 aliphatic carbocycles. The van der Waals surface area contributed by atoms with Crippen LogP contribution in [0.25, 0.3) is 39.0 Å². The SMILES string of the molecule is Cc1cccc(-c2nn3ccccc3c2-c2ccc3oc(OC(=O)NCCN(C)C)cc3c2)n1. The van der Waals surface area contributed by atoms with Crippen LogP contribution in [0.2, 0.25) is 0 Å². The lowest BCUT2D eigenvalue weighted by Crippen LogP contribution is -2.33. The van der Waals surface area contributed by atoms with Crippen molar-refractivity contribution in [3.05, 3.63) is 72.6 Å². The average Bonchev–Trinajstić information content (AvgIpc) is 3.39. The molecule has 34 heavy (non-hydrogen) atoms. The number of benzene rings is 1. The maximum Gasteiger partial charge on any atom is 0.415 e. The molecule has 0 fully saturated rings. The highest BCUT2D eigenvalue weighted by molar-refractivity contribution is 5.95. The van der Waals surface area contributed by atoms with E-state index in [1.807, 2.05) is 91.2 Å². The molecule has 0 saturated heterocycles. The smallest absolute Gasteiger partial charge is 0.415 e. The first-order chi connectivity index (χ1) is 16.5. The number of carbonyl (C=O) groups is 1. The van der Waals surface area contributed by atoms with E-state index in [0.717, 1.165) is 45.7 Å². The van der Waals surface area contributed by atoms with Crippen molar-refractivity contribution >= 4 is 22.6 Å². The third kappa shape index (κ3) is 4.35. The van der Waals surface area contributed by atoms with Crippen LogP contribution in [0, 0.1) is 6.92 Å². The molecule has 0 atom stereocenters. The number of hydrogen-bond acceptors (Lipinski definition) is 6. The zero-order chi connectivity index (χ0) is 23.7. The number of amides is 1. The van der Waals surface area contributed by atoms with Crippen LogP contribution in [0.1, 0.15) is 5.69 Å². The molecule has 5 rings (SSSR count). The fourth-order valence-corrected chi connectivity index (χ4v) is 3.87. The maximum absolute atomic E-state index is 12.1. The Bertz CT molecular complexity index is 1480. The quantitative estimate of drug-likeness (QED) is 0.397. The van der Waals surface area contributed by atoms with Gasteiger partial charge in [0.25, 0.3) is 5.95 Å². The first-order valence-corrected chi connectivity index (χ1v) is 11.0. The van der Waals surface area contributed by atoms with E-state index in [1.165, 1.54) is 0 Å². The van der Waals surface area contributed by atoms with Crippen LogP contribution >= 0.6 is 0 Å². The van der Waals surface area contributed by atoms with Crippen LogP contribution in [0.4, 0.5) is 4.79 Å². The molecule has 4 aromatic heterocycles. The van der Waals surface area contributed by atoms with Crippen molar-refractivity contribution in [3.63, 3.8) is 0 Å². The third-order valence-electron chi connectivity index (χ3n) is 5.47. The van der Waals surface area contributed by atoms with Gasteiger partial charge in [-0.05, 0) is 63.0 Å². The Labute approximate surface area is 196 Å². The topological polar surface area (TPSA) is 84.9 Å². The summed E-state index contributed by atoms with van der Waals surface area (Å²) in [6.45, 7) is 3.17. The number of ether oxygens (including phenoxy) is 1. The Kier molecular flexibility index (Phi) is 5.73. The van der Waals surface area contributed by atoms with Gasteiger partial charge in [0.2, 0.25) is 0 Å². The van der Waals surface area contributed by atoms with Gasteiger partial charge in [0.15, 0.2) is 0 Å². The van der Waals surface area contributed by atoms with Crippen LogP contribution in [0.5, 0.6) is 5.95 Å². The molecule has 0 bridgehead atoms. The summed E-state index contributed by atoms with van der Waals surface area (Å²) < 4.78 is 12.9. The van der Waals surface area contributed by atoms with E-state index < -0.39 is 6.09 Å². The van der Waals surface area contributed by atoms with E-state index in [9.17, 15) is 4.79 Å². The molecule has 1 aromatic carbocycles. The maximum atomic E-state index is 12.1. The Morgan fingerprint density at radius 2 is 2.00 bits per heavy atom. The normalized spacial score (nSPS) is 11.4. The summed E-state index contributed by atoms with van der Waals surface area (Å²) in [4.78, 5) is 18.7. The van der Waals surface area contributed by atoms with Crippen molar-refractivity contribution in [1.82, 2.24) is 24.8 Å². The Morgan fingerprint density at radius 1 is 1.12 bits per heavy atom. The Hall–Kier alpha value is -4.17. The van der Waals surface area contributed by atoms with Crippen LogP contribution in [0.15, 0.2) is 71.3 Å². The van der Waals surface area contributed by atoms with Gasteiger partial charge >= 0.3 is 6.09 Å². The second kappa shape index (κ2) is 8.99. The third-order valence-corrected chi connectivity index (χ3v) is 5.47. The van der Waals surface area contributed by atoms with Gasteiger partial charge in [-0.1, -0.05) is 18.2 Å². The van der Waals surface area contributed by atoms with Crippen molar-refractivity contribution in [2.45, 2.75) is 6.92 Å². The number of rotatable bonds is 6. The highest BCUT2D eigenvalue weighted by Gasteiger charge is 2.19. The predicted molar refractivity (Wildman–Crippen MR) is 131 cm³/mol. The number of carbonyl (C=O) groups excluding carboxylic acids is 1. The van der Waals surface area contributed by atoms with E-state index >= 15 is 0 Å². The molecule has 8 nitrogen and oxygen atoms in total. The summed E-state index contributed by atoms with van der Waals surface area (Å²) in [5.74, 6) is 0.148. The summed E-state index contributed by atoms with van der Waals surface area (Å²) in [6, 6.07) is 19.5. The summed E-state index contributed by atoms with van der Waals surface area (Å²) in [5, 5.41) is 8.35. The largest absolute Gasteiger partial charge is 0.425 e. The minimum Gasteiger partial charge on any atom is -0.425 e. The van der Waals surface area contributed by atoms with Gasteiger partial charge in [-0.25, -0.2) is 9.31 Å². The van der Waals surface area contributed by atoms with Gasteiger partial charge in [-0.15, -0.1) is 0 Å². The molecule has 0 spiro atoms. The summed E-state index contributed by atoms with van der Waals surface area (Å²) in [6.07, 6.45) is 1.38. The number of nitrogens with zero attached hydrogens (tertiary/aromatic N) is 4. The molecule has 5 aromatic rings. The molecule has 1 amide bonds. The van der Waals surface area contributed by atoms with Crippen molar-refractivity contribution in [1.29, 1.82) is 0 Å². The number of likely N-dealkylation sites (N-methyl/N-ethyl adjacent to an activating group) is 1. The van der Waals surface area contributed by atoms with Crippen molar-refractivity contribution in [2.75, 3.05) is 27.2 Å². The second-order valence-corrected chi connectivity index (χ2v) is 8.36. The molecular weight excluding hydrogens is 430 g/mol. The second-order valence-electron chi connectivity index (χ2n) is 8.36. The van der Waals surface area contributed by atoms with Crippen molar-refractivity contribution < 1.29 is 13.9 Å². The molecular formula is C26H25N5O3. The summed E-state index contributed by atoms with van der Waals surface area (Å²) in [5.41, 5.74) is 6.09. The molecule has 8 heteroatoms. The summed E-state index contributed by atoms with van der Waals surface area (Å²) in [7, 11) is 3.88. The van der Waals surface area contributed by atoms with Gasteiger partial charge in [-0.3, -0.25) is 4.98 Å². The standard InChI is InChI=1S/C26H25N5O3/c1-17-7-6-8-20(28-17)25-24(21-9-4-5-13-31(21)29-25)18-10-11-22-19(15-18)16-23(33-22)34-26(32)27-12-14-30(2)3/h4-11,13,15-16H,12,14H2,1-3H3,(H,27,32). The number of fused-ring (bicyclic) bond motifs is 2. The van der Waals surface area contributed by atoms with Gasteiger partial charge in [0, 0.05) is 42.0 Å². The van der Waals surface area contributed by atoms with Gasteiger partial charge < -0.3 is 19.4 Å². The van der Waals surface area contributed by atoms with E-state index in [1.54, 1.807) is 6.07 Å². The van der Waals surface area contributed by atoms with E-state index in [2.05, 4.69) is 5.32 Å². The van der Waals surface area contributed by atoms with Gasteiger partial charge in [-0.2, -0.15) is 5.10 Å². The van der Waals surface area contributed by atoms with Gasteiger partial charge in [0.05, 0.1) is 11.2 Å². The Balaban J connectivity index is 1.51. The highest BCUT2D eigenvalue weighted by atomic mass is 16.6. The number of aromatic nitrogens is 3. The molecule has 4 heterocycles. The first kappa shape index (κ1) is 21.7. The van der Waals surface area contributed by atoms with Gasteiger partial charge in [0.1, 0.15) is 11.3 Å². The first-order valence-electron chi connectivity index (χ1n) is 11.0. The number of pyridine rings is 2. The molecule has 1 N–H and O–H groups in total. The lowest BCUT2D eigenvalue weighted by Gasteiger charge is -2.09. The minimum atomic E-state index is -0.545. The highest BCUT2D eigenvalue weighted by Crippen LogP contribution is 2.37. The van der Waals surface area contributed by atoms with Crippen LogP contribution in [-0.4, -0.2) is 52.8 Å². The fourth-order valence-electron chi connectivity index (χ4n) is 3.87. The van der Waals surface area contributed by atoms with E-state index in [-0.39, 0.29) is 5.95 Å². The average molecular weight is 456 g/mol. The van der Waals surface area contributed by atoms with Crippen molar-refractivity contribution in [3.8, 4) is 28.5 Å². The molecule has 0 aliphatic heterocycles. The number of aryl methyl sites for hydroxylation is 1. The predicted octanol–water partition coefficient (Wildman–Crippen LogP) is 4.77. The molecule has 0 unspecified atom stereocenters. The number of nitrogens with one attached hydrogen (secondary N) is 1. The molecule has 172 valence electrons.